The summed E-state index contributed by atoms with van der Waals surface area (Å²) in [5.74, 6) is 0.973. The van der Waals surface area contributed by atoms with Gasteiger partial charge in [0.15, 0.2) is 0 Å². The van der Waals surface area contributed by atoms with Crippen molar-refractivity contribution in [1.29, 1.82) is 0 Å². The fourth-order valence-electron chi connectivity index (χ4n) is 2.27. The summed E-state index contributed by atoms with van der Waals surface area (Å²) < 4.78 is 0. The first kappa shape index (κ1) is 15.5. The van der Waals surface area contributed by atoms with Crippen molar-refractivity contribution in [1.82, 2.24) is 15.3 Å². The molecule has 1 unspecified atom stereocenters. The molecule has 0 fully saturated rings. The zero-order valence-electron chi connectivity index (χ0n) is 13.0. The van der Waals surface area contributed by atoms with Gasteiger partial charge in [-0.2, -0.15) is 0 Å². The van der Waals surface area contributed by atoms with E-state index in [9.17, 15) is 4.79 Å². The number of nitrogens with zero attached hydrogens (tertiary/aromatic N) is 1. The van der Waals surface area contributed by atoms with Crippen molar-refractivity contribution in [3.8, 4) is 0 Å². The number of H-pyrrole nitrogens is 1. The van der Waals surface area contributed by atoms with Crippen LogP contribution in [0.15, 0.2) is 18.2 Å². The van der Waals surface area contributed by atoms with E-state index in [-0.39, 0.29) is 11.8 Å². The molecule has 2 aromatic rings. The lowest BCUT2D eigenvalue weighted by atomic mass is 10.1. The summed E-state index contributed by atoms with van der Waals surface area (Å²) in [6, 6.07) is 5.79. The lowest BCUT2D eigenvalue weighted by Crippen LogP contribution is -2.28. The molecule has 0 aliphatic carbocycles. The van der Waals surface area contributed by atoms with E-state index in [1.54, 1.807) is 0 Å². The first-order chi connectivity index (χ1) is 10.1. The van der Waals surface area contributed by atoms with Crippen molar-refractivity contribution in [3.05, 3.63) is 24.0 Å². The molecule has 1 heterocycles. The highest BCUT2D eigenvalue weighted by Gasteiger charge is 2.12. The van der Waals surface area contributed by atoms with E-state index >= 15 is 0 Å². The lowest BCUT2D eigenvalue weighted by molar-refractivity contribution is -0.119. The van der Waals surface area contributed by atoms with Gasteiger partial charge < -0.3 is 15.6 Å². The van der Waals surface area contributed by atoms with Gasteiger partial charge in [-0.25, -0.2) is 4.98 Å². The molecule has 0 aliphatic rings. The third kappa shape index (κ3) is 4.04. The number of carbonyl (C=O) groups excluding carboxylic acids is 1. The third-order valence-corrected chi connectivity index (χ3v) is 3.52. The third-order valence-electron chi connectivity index (χ3n) is 3.52. The van der Waals surface area contributed by atoms with Gasteiger partial charge in [0, 0.05) is 24.6 Å². The predicted octanol–water partition coefficient (Wildman–Crippen LogP) is 2.70. The summed E-state index contributed by atoms with van der Waals surface area (Å²) in [7, 11) is 1.85. The van der Waals surface area contributed by atoms with Crippen LogP contribution in [0.4, 0.5) is 5.69 Å². The number of carbonyl (C=O) groups is 1. The van der Waals surface area contributed by atoms with Gasteiger partial charge in [-0.05, 0) is 31.7 Å². The van der Waals surface area contributed by atoms with Gasteiger partial charge in [0.2, 0.25) is 5.91 Å². The molecular weight excluding hydrogens is 264 g/mol. The molecule has 0 saturated heterocycles. The number of fused-ring (bicyclic) bond motifs is 1. The molecule has 0 bridgehead atoms. The Labute approximate surface area is 125 Å². The van der Waals surface area contributed by atoms with Crippen LogP contribution in [0, 0.1) is 5.92 Å². The number of amides is 1. The normalized spacial score (nSPS) is 12.5. The second-order valence-electron chi connectivity index (χ2n) is 5.47. The van der Waals surface area contributed by atoms with Crippen LogP contribution in [-0.4, -0.2) is 29.5 Å². The first-order valence-electron chi connectivity index (χ1n) is 7.58. The van der Waals surface area contributed by atoms with Crippen molar-refractivity contribution in [3.63, 3.8) is 0 Å². The van der Waals surface area contributed by atoms with Gasteiger partial charge in [0.25, 0.3) is 0 Å². The van der Waals surface area contributed by atoms with Gasteiger partial charge >= 0.3 is 0 Å². The van der Waals surface area contributed by atoms with Crippen LogP contribution in [0.25, 0.3) is 11.0 Å². The summed E-state index contributed by atoms with van der Waals surface area (Å²) in [5.41, 5.74) is 2.73. The molecule has 1 aromatic heterocycles. The van der Waals surface area contributed by atoms with Gasteiger partial charge in [-0.3, -0.25) is 4.79 Å². The second-order valence-corrected chi connectivity index (χ2v) is 5.47. The van der Waals surface area contributed by atoms with Crippen LogP contribution in [0.5, 0.6) is 0 Å². The van der Waals surface area contributed by atoms with E-state index in [0.29, 0.717) is 6.54 Å². The fraction of sp³-hybridized carbons (Fsp3) is 0.500. The number of benzene rings is 1. The number of imidazole rings is 1. The van der Waals surface area contributed by atoms with Crippen molar-refractivity contribution < 1.29 is 4.79 Å². The summed E-state index contributed by atoms with van der Waals surface area (Å²) >= 11 is 0. The van der Waals surface area contributed by atoms with E-state index in [1.807, 2.05) is 32.2 Å². The molecule has 0 saturated carbocycles. The number of rotatable bonds is 7. The molecule has 21 heavy (non-hydrogen) atoms. The lowest BCUT2D eigenvalue weighted by Gasteiger charge is -2.11. The maximum absolute atomic E-state index is 12.0. The Balaban J connectivity index is 2.09. The largest absolute Gasteiger partial charge is 0.342 e. The Bertz CT molecular complexity index is 605. The summed E-state index contributed by atoms with van der Waals surface area (Å²) in [6.45, 7) is 4.74. The van der Waals surface area contributed by atoms with Crippen LogP contribution in [-0.2, 0) is 11.2 Å². The van der Waals surface area contributed by atoms with Gasteiger partial charge in [0.1, 0.15) is 5.82 Å². The highest BCUT2D eigenvalue weighted by atomic mass is 16.1. The number of hydrogen-bond donors (Lipinski definition) is 3. The minimum Gasteiger partial charge on any atom is -0.342 e. The van der Waals surface area contributed by atoms with Gasteiger partial charge in [0.05, 0.1) is 11.0 Å². The Kier molecular flexibility index (Phi) is 5.33. The standard InChI is InChI=1S/C16H24N4O/c1-4-5-6-15-19-13-8-7-12(9-14(13)20-15)18-16(21)11(2)10-17-3/h7-9,11,17H,4-6,10H2,1-3H3,(H,18,21)(H,19,20). The second kappa shape index (κ2) is 7.22. The van der Waals surface area contributed by atoms with E-state index < -0.39 is 0 Å². The number of unbranched alkanes of at least 4 members (excludes halogenated alkanes) is 1. The molecule has 5 heteroatoms. The molecule has 0 spiro atoms. The zero-order valence-corrected chi connectivity index (χ0v) is 13.0. The number of hydrogen-bond acceptors (Lipinski definition) is 3. The summed E-state index contributed by atoms with van der Waals surface area (Å²) in [5, 5.41) is 5.95. The number of aromatic amines is 1. The first-order valence-corrected chi connectivity index (χ1v) is 7.58. The Morgan fingerprint density at radius 2 is 2.24 bits per heavy atom. The molecule has 114 valence electrons. The van der Waals surface area contributed by atoms with Crippen LogP contribution in [0.3, 0.4) is 0 Å². The van der Waals surface area contributed by atoms with Crippen molar-refractivity contribution >= 4 is 22.6 Å². The topological polar surface area (TPSA) is 69.8 Å². The Morgan fingerprint density at radius 1 is 1.43 bits per heavy atom. The van der Waals surface area contributed by atoms with Gasteiger partial charge in [-0.15, -0.1) is 0 Å². The summed E-state index contributed by atoms with van der Waals surface area (Å²) in [4.78, 5) is 19.9. The highest BCUT2D eigenvalue weighted by molar-refractivity contribution is 5.94. The molecule has 1 aromatic carbocycles. The number of anilines is 1. The molecule has 2 rings (SSSR count). The van der Waals surface area contributed by atoms with Crippen LogP contribution < -0.4 is 10.6 Å². The fourth-order valence-corrected chi connectivity index (χ4v) is 2.27. The molecule has 1 amide bonds. The predicted molar refractivity (Wildman–Crippen MR) is 86.4 cm³/mol. The number of aryl methyl sites for hydroxylation is 1. The van der Waals surface area contributed by atoms with E-state index in [4.69, 9.17) is 0 Å². The Morgan fingerprint density at radius 3 is 2.95 bits per heavy atom. The molecule has 0 radical (unpaired) electrons. The maximum atomic E-state index is 12.0. The SMILES string of the molecule is CCCCc1nc2ccc(NC(=O)C(C)CNC)cc2[nH]1. The van der Waals surface area contributed by atoms with Crippen molar-refractivity contribution in [2.75, 3.05) is 18.9 Å². The van der Waals surface area contributed by atoms with Crippen molar-refractivity contribution in [2.45, 2.75) is 33.1 Å². The monoisotopic (exact) mass is 288 g/mol. The van der Waals surface area contributed by atoms with E-state index in [0.717, 1.165) is 41.8 Å². The van der Waals surface area contributed by atoms with E-state index in [1.165, 1.54) is 0 Å². The quantitative estimate of drug-likeness (QED) is 0.733. The highest BCUT2D eigenvalue weighted by Crippen LogP contribution is 2.18. The van der Waals surface area contributed by atoms with Crippen LogP contribution >= 0.6 is 0 Å². The average Bonchev–Trinajstić information content (AvgIpc) is 2.87. The minimum absolute atomic E-state index is 0.0226. The molecule has 5 nitrogen and oxygen atoms in total. The van der Waals surface area contributed by atoms with Crippen molar-refractivity contribution in [2.24, 2.45) is 5.92 Å². The molecule has 3 N–H and O–H groups in total. The van der Waals surface area contributed by atoms with Gasteiger partial charge in [-0.1, -0.05) is 20.3 Å². The maximum Gasteiger partial charge on any atom is 0.228 e. The average molecular weight is 288 g/mol. The molecule has 1 atom stereocenters. The zero-order chi connectivity index (χ0) is 15.2. The minimum atomic E-state index is -0.0624. The summed E-state index contributed by atoms with van der Waals surface area (Å²) in [6.07, 6.45) is 3.25. The number of aromatic nitrogens is 2. The smallest absolute Gasteiger partial charge is 0.228 e. The van der Waals surface area contributed by atoms with Crippen LogP contribution in [0.1, 0.15) is 32.5 Å². The molecule has 0 aliphatic heterocycles. The Hall–Kier alpha value is -1.88. The molecular formula is C16H24N4O. The van der Waals surface area contributed by atoms with E-state index in [2.05, 4.69) is 27.5 Å². The van der Waals surface area contributed by atoms with Crippen LogP contribution in [0.2, 0.25) is 0 Å². The number of nitrogens with one attached hydrogen (secondary N) is 3.